The van der Waals surface area contributed by atoms with Crippen LogP contribution in [0.3, 0.4) is 0 Å². The van der Waals surface area contributed by atoms with Crippen LogP contribution in [0, 0.1) is 0 Å². The van der Waals surface area contributed by atoms with Crippen molar-refractivity contribution in [3.05, 3.63) is 76.1 Å². The number of nitrogens with zero attached hydrogens (tertiary/aromatic N) is 3. The molecule has 1 atom stereocenters. The van der Waals surface area contributed by atoms with Crippen LogP contribution >= 0.6 is 23.1 Å². The van der Waals surface area contributed by atoms with E-state index in [0.717, 1.165) is 24.1 Å². The number of amides is 1. The zero-order valence-electron chi connectivity index (χ0n) is 16.9. The first-order valence-electron chi connectivity index (χ1n) is 10.1. The average Bonchev–Trinajstić information content (AvgIpc) is 3.43. The van der Waals surface area contributed by atoms with Crippen LogP contribution in [0.25, 0.3) is 0 Å². The maximum Gasteiger partial charge on any atom is 0.416 e. The van der Waals surface area contributed by atoms with Gasteiger partial charge in [0.15, 0.2) is 0 Å². The highest BCUT2D eigenvalue weighted by atomic mass is 35.5. The quantitative estimate of drug-likeness (QED) is 0.534. The van der Waals surface area contributed by atoms with Crippen molar-refractivity contribution in [1.82, 2.24) is 14.7 Å². The van der Waals surface area contributed by atoms with Crippen molar-refractivity contribution >= 4 is 34.2 Å². The van der Waals surface area contributed by atoms with E-state index in [9.17, 15) is 18.0 Å². The van der Waals surface area contributed by atoms with Crippen LogP contribution in [0.2, 0.25) is 5.02 Å². The van der Waals surface area contributed by atoms with E-state index in [1.54, 1.807) is 6.07 Å². The molecule has 0 aliphatic carbocycles. The highest BCUT2D eigenvalue weighted by molar-refractivity contribution is 7.09. The third-order valence-corrected chi connectivity index (χ3v) is 6.30. The molecular weight excluding hydrogens is 461 g/mol. The SMILES string of the molecule is O=C(NCc1cccc(C(F)(F)F)c1)C1CCCN1c1nc(Cc2ccc(Cl)cc2)ns1. The van der Waals surface area contributed by atoms with Crippen LogP contribution in [-0.4, -0.2) is 27.9 Å². The van der Waals surface area contributed by atoms with Gasteiger partial charge in [0.25, 0.3) is 0 Å². The molecule has 1 saturated heterocycles. The van der Waals surface area contributed by atoms with Gasteiger partial charge in [-0.3, -0.25) is 4.79 Å². The Morgan fingerprint density at radius 2 is 1.97 bits per heavy atom. The molecule has 32 heavy (non-hydrogen) atoms. The van der Waals surface area contributed by atoms with E-state index >= 15 is 0 Å². The number of carbonyl (C=O) groups excluding carboxylic acids is 1. The van der Waals surface area contributed by atoms with Gasteiger partial charge in [0.05, 0.1) is 5.56 Å². The van der Waals surface area contributed by atoms with Crippen molar-refractivity contribution in [2.45, 2.75) is 38.0 Å². The Labute approximate surface area is 192 Å². The van der Waals surface area contributed by atoms with Crippen molar-refractivity contribution in [3.8, 4) is 0 Å². The molecule has 0 saturated carbocycles. The number of aromatic nitrogens is 2. The van der Waals surface area contributed by atoms with Gasteiger partial charge in [0.2, 0.25) is 11.0 Å². The summed E-state index contributed by atoms with van der Waals surface area (Å²) in [4.78, 5) is 19.3. The Hall–Kier alpha value is -2.65. The minimum absolute atomic E-state index is 0.0328. The monoisotopic (exact) mass is 480 g/mol. The number of benzene rings is 2. The summed E-state index contributed by atoms with van der Waals surface area (Å²) in [6.45, 7) is 0.711. The molecule has 1 N–H and O–H groups in total. The fourth-order valence-corrected chi connectivity index (χ4v) is 4.54. The van der Waals surface area contributed by atoms with Gasteiger partial charge < -0.3 is 10.2 Å². The minimum atomic E-state index is -4.41. The van der Waals surface area contributed by atoms with Crippen LogP contribution in [0.4, 0.5) is 18.3 Å². The molecule has 1 amide bonds. The molecule has 168 valence electrons. The number of rotatable bonds is 6. The summed E-state index contributed by atoms with van der Waals surface area (Å²) in [5, 5.41) is 4.10. The van der Waals surface area contributed by atoms with Crippen LogP contribution in [0.1, 0.15) is 35.4 Å². The predicted molar refractivity (Wildman–Crippen MR) is 118 cm³/mol. The molecule has 4 rings (SSSR count). The summed E-state index contributed by atoms with van der Waals surface area (Å²) < 4.78 is 43.1. The first kappa shape index (κ1) is 22.5. The number of hydrogen-bond acceptors (Lipinski definition) is 5. The number of alkyl halides is 3. The highest BCUT2D eigenvalue weighted by Gasteiger charge is 2.33. The largest absolute Gasteiger partial charge is 0.416 e. The van der Waals surface area contributed by atoms with Gasteiger partial charge in [-0.05, 0) is 48.2 Å². The standard InChI is InChI=1S/C22H20ClF3N4OS/c23-17-8-6-14(7-9-17)12-19-28-21(32-29-19)30-10-2-5-18(30)20(31)27-13-15-3-1-4-16(11-15)22(24,25)26/h1,3-4,6-9,11,18H,2,5,10,12-13H2,(H,27,31). The van der Waals surface area contributed by atoms with Gasteiger partial charge in [-0.2, -0.15) is 17.5 Å². The van der Waals surface area contributed by atoms with Gasteiger partial charge in [-0.1, -0.05) is 35.9 Å². The number of hydrogen-bond donors (Lipinski definition) is 1. The van der Waals surface area contributed by atoms with Crippen LogP contribution in [0.5, 0.6) is 0 Å². The molecule has 0 bridgehead atoms. The summed E-state index contributed by atoms with van der Waals surface area (Å²) in [6, 6.07) is 12.0. The third-order valence-electron chi connectivity index (χ3n) is 5.26. The van der Waals surface area contributed by atoms with Crippen molar-refractivity contribution in [3.63, 3.8) is 0 Å². The van der Waals surface area contributed by atoms with Crippen molar-refractivity contribution in [2.75, 3.05) is 11.4 Å². The number of carbonyl (C=O) groups is 1. The molecule has 1 unspecified atom stereocenters. The van der Waals surface area contributed by atoms with Crippen molar-refractivity contribution < 1.29 is 18.0 Å². The fraction of sp³-hybridized carbons (Fsp3) is 0.318. The Morgan fingerprint density at radius 3 is 2.72 bits per heavy atom. The lowest BCUT2D eigenvalue weighted by molar-refractivity contribution is -0.137. The van der Waals surface area contributed by atoms with Crippen molar-refractivity contribution in [2.24, 2.45) is 0 Å². The second-order valence-corrected chi connectivity index (χ2v) is 8.73. The summed E-state index contributed by atoms with van der Waals surface area (Å²) >= 11 is 7.16. The average molecular weight is 481 g/mol. The molecule has 0 spiro atoms. The predicted octanol–water partition coefficient (Wildman–Crippen LogP) is 5.09. The molecule has 1 fully saturated rings. The van der Waals surface area contributed by atoms with Crippen LogP contribution < -0.4 is 10.2 Å². The summed E-state index contributed by atoms with van der Waals surface area (Å²) in [5.41, 5.74) is 0.711. The summed E-state index contributed by atoms with van der Waals surface area (Å²) in [6.07, 6.45) is -2.37. The van der Waals surface area contributed by atoms with E-state index in [2.05, 4.69) is 14.7 Å². The van der Waals surface area contributed by atoms with E-state index in [-0.39, 0.29) is 12.5 Å². The lowest BCUT2D eigenvalue weighted by atomic mass is 10.1. The maximum absolute atomic E-state index is 12.9. The van der Waals surface area contributed by atoms with Gasteiger partial charge in [0.1, 0.15) is 11.9 Å². The third kappa shape index (κ3) is 5.39. The van der Waals surface area contributed by atoms with Gasteiger partial charge in [0, 0.05) is 36.1 Å². The molecule has 1 aromatic heterocycles. The van der Waals surface area contributed by atoms with E-state index in [1.165, 1.54) is 17.6 Å². The Morgan fingerprint density at radius 1 is 1.19 bits per heavy atom. The van der Waals surface area contributed by atoms with Crippen LogP contribution in [-0.2, 0) is 23.9 Å². The van der Waals surface area contributed by atoms with Crippen molar-refractivity contribution in [1.29, 1.82) is 0 Å². The van der Waals surface area contributed by atoms with Gasteiger partial charge in [-0.25, -0.2) is 4.98 Å². The number of anilines is 1. The second kappa shape index (κ2) is 9.46. The zero-order valence-corrected chi connectivity index (χ0v) is 18.5. The van der Waals surface area contributed by atoms with Gasteiger partial charge >= 0.3 is 6.18 Å². The lowest BCUT2D eigenvalue weighted by Crippen LogP contribution is -2.43. The lowest BCUT2D eigenvalue weighted by Gasteiger charge is -2.22. The highest BCUT2D eigenvalue weighted by Crippen LogP contribution is 2.30. The number of nitrogens with one attached hydrogen (secondary N) is 1. The molecular formula is C22H20ClF3N4OS. The molecule has 2 heterocycles. The second-order valence-electron chi connectivity index (χ2n) is 7.56. The van der Waals surface area contributed by atoms with Crippen LogP contribution in [0.15, 0.2) is 48.5 Å². The van der Waals surface area contributed by atoms with E-state index < -0.39 is 17.8 Å². The summed E-state index contributed by atoms with van der Waals surface area (Å²) in [7, 11) is 0. The fourth-order valence-electron chi connectivity index (χ4n) is 3.65. The van der Waals surface area contributed by atoms with E-state index in [0.29, 0.717) is 40.9 Å². The topological polar surface area (TPSA) is 58.1 Å². The smallest absolute Gasteiger partial charge is 0.350 e. The molecule has 0 radical (unpaired) electrons. The summed E-state index contributed by atoms with van der Waals surface area (Å²) in [5.74, 6) is 0.441. The molecule has 1 aliphatic rings. The van der Waals surface area contributed by atoms with Gasteiger partial charge in [-0.15, -0.1) is 0 Å². The normalized spacial score (nSPS) is 16.4. The molecule has 1 aliphatic heterocycles. The Kier molecular flexibility index (Phi) is 6.66. The van der Waals surface area contributed by atoms with E-state index in [1.807, 2.05) is 29.2 Å². The molecule has 3 aromatic rings. The minimum Gasteiger partial charge on any atom is -0.350 e. The molecule has 5 nitrogen and oxygen atoms in total. The first-order valence-corrected chi connectivity index (χ1v) is 11.2. The Bertz CT molecular complexity index is 1090. The number of halogens is 4. The van der Waals surface area contributed by atoms with E-state index in [4.69, 9.17) is 11.6 Å². The zero-order chi connectivity index (χ0) is 22.7. The first-order chi connectivity index (χ1) is 15.3. The molecule has 10 heteroatoms. The maximum atomic E-state index is 12.9. The molecule has 2 aromatic carbocycles. The Balaban J connectivity index is 1.39.